The third-order valence-electron chi connectivity index (χ3n) is 4.82. The van der Waals surface area contributed by atoms with Crippen LogP contribution in [0.3, 0.4) is 0 Å². The smallest absolute Gasteiger partial charge is 0.169 e. The molecule has 0 amide bonds. The monoisotopic (exact) mass is 420 g/mol. The van der Waals surface area contributed by atoms with E-state index in [-0.39, 0.29) is 5.82 Å². The molecular weight excluding hydrogens is 393 g/mol. The Morgan fingerprint density at radius 1 is 1.21 bits per heavy atom. The third kappa shape index (κ3) is 6.09. The fraction of sp³-hybridized carbons (Fsp3) is 0.381. The molecule has 1 aliphatic rings. The molecule has 0 saturated carbocycles. The maximum Gasteiger partial charge on any atom is 0.169 e. The topological polar surface area (TPSA) is 28.9 Å². The van der Waals surface area contributed by atoms with Crippen molar-refractivity contribution in [2.24, 2.45) is 0 Å². The molecule has 1 aliphatic heterocycles. The fourth-order valence-electron chi connectivity index (χ4n) is 3.27. The first kappa shape index (κ1) is 20.9. The highest BCUT2D eigenvalue weighted by atomic mass is 32.2. The third-order valence-corrected chi connectivity index (χ3v) is 6.23. The van der Waals surface area contributed by atoms with Crippen molar-refractivity contribution >= 4 is 29.1 Å². The number of nitrogens with one attached hydrogen (secondary N) is 2. The highest BCUT2D eigenvalue weighted by Gasteiger charge is 2.22. The van der Waals surface area contributed by atoms with Crippen LogP contribution in [-0.2, 0) is 6.54 Å². The molecule has 1 fully saturated rings. The van der Waals surface area contributed by atoms with Gasteiger partial charge in [-0.2, -0.15) is 0 Å². The van der Waals surface area contributed by atoms with Gasteiger partial charge >= 0.3 is 0 Å². The number of ether oxygens (including phenoxy) is 1. The molecule has 7 heteroatoms. The van der Waals surface area contributed by atoms with E-state index in [9.17, 15) is 4.39 Å². The van der Waals surface area contributed by atoms with Crippen LogP contribution in [0.1, 0.15) is 5.56 Å². The molecule has 28 heavy (non-hydrogen) atoms. The Balaban J connectivity index is 1.36. The highest BCUT2D eigenvalue weighted by Crippen LogP contribution is 2.17. The van der Waals surface area contributed by atoms with Gasteiger partial charge in [-0.1, -0.05) is 18.2 Å². The molecule has 0 unspecified atom stereocenters. The normalized spacial score (nSPS) is 14.7. The predicted octanol–water partition coefficient (Wildman–Crippen LogP) is 2.20. The number of hydrogen-bond donors (Lipinski definition) is 2. The van der Waals surface area contributed by atoms with E-state index in [4.69, 9.17) is 17.0 Å². The number of nitrogens with zero attached hydrogens (tertiary/aromatic N) is 1. The van der Waals surface area contributed by atoms with Crippen molar-refractivity contribution in [3.05, 3.63) is 59.9 Å². The molecule has 0 atom stereocenters. The van der Waals surface area contributed by atoms with Crippen LogP contribution in [0.15, 0.2) is 53.4 Å². The van der Waals surface area contributed by atoms with Crippen molar-refractivity contribution in [2.45, 2.75) is 11.4 Å². The first-order valence-corrected chi connectivity index (χ1v) is 10.9. The quantitative estimate of drug-likeness (QED) is 0.407. The summed E-state index contributed by atoms with van der Waals surface area (Å²) in [7, 11) is 1.49. The summed E-state index contributed by atoms with van der Waals surface area (Å²) in [4.78, 5) is 4.96. The molecule has 2 aromatic rings. The molecule has 4 nitrogen and oxygen atoms in total. The molecule has 2 N–H and O–H groups in total. The minimum absolute atomic E-state index is 0.295. The van der Waals surface area contributed by atoms with E-state index in [1.807, 2.05) is 23.9 Å². The molecule has 150 valence electrons. The number of thiocarbonyl (C=S) groups is 1. The average Bonchev–Trinajstić information content (AvgIpc) is 2.72. The second-order valence-electron chi connectivity index (χ2n) is 6.78. The Morgan fingerprint density at radius 3 is 2.64 bits per heavy atom. The lowest BCUT2D eigenvalue weighted by Crippen LogP contribution is -3.13. The number of halogens is 1. The summed E-state index contributed by atoms with van der Waals surface area (Å²) in [5.74, 6) is 0.987. The number of quaternary nitrogens is 1. The van der Waals surface area contributed by atoms with Gasteiger partial charge < -0.3 is 19.9 Å². The van der Waals surface area contributed by atoms with Gasteiger partial charge in [-0.15, -0.1) is 11.8 Å². The Kier molecular flexibility index (Phi) is 7.94. The summed E-state index contributed by atoms with van der Waals surface area (Å²) < 4.78 is 18.8. The zero-order chi connectivity index (χ0) is 19.8. The van der Waals surface area contributed by atoms with Crippen LogP contribution in [0, 0.1) is 5.82 Å². The summed E-state index contributed by atoms with van der Waals surface area (Å²) in [6.45, 7) is 5.51. The van der Waals surface area contributed by atoms with Crippen LogP contribution >= 0.6 is 24.0 Å². The van der Waals surface area contributed by atoms with Crippen molar-refractivity contribution in [1.29, 1.82) is 0 Å². The molecule has 0 bridgehead atoms. The van der Waals surface area contributed by atoms with Gasteiger partial charge in [0, 0.05) is 22.8 Å². The first-order chi connectivity index (χ1) is 13.7. The minimum atomic E-state index is -0.295. The van der Waals surface area contributed by atoms with Crippen LogP contribution < -0.4 is 15.0 Å². The minimum Gasteiger partial charge on any atom is -0.494 e. The molecule has 3 rings (SSSR count). The van der Waals surface area contributed by atoms with E-state index < -0.39 is 0 Å². The zero-order valence-corrected chi connectivity index (χ0v) is 17.8. The van der Waals surface area contributed by atoms with E-state index in [0.29, 0.717) is 5.75 Å². The second kappa shape index (κ2) is 10.6. The summed E-state index contributed by atoms with van der Waals surface area (Å²) in [6, 6.07) is 15.6. The van der Waals surface area contributed by atoms with E-state index in [1.165, 1.54) is 16.9 Å². The Labute approximate surface area is 176 Å². The number of thioether (sulfide) groups is 1. The zero-order valence-electron chi connectivity index (χ0n) is 16.1. The van der Waals surface area contributed by atoms with Crippen LogP contribution in [0.25, 0.3) is 0 Å². The molecular formula is C21H27FN3OS2+. The molecule has 0 radical (unpaired) electrons. The number of benzene rings is 2. The average molecular weight is 421 g/mol. The molecule has 0 aromatic heterocycles. The van der Waals surface area contributed by atoms with Crippen LogP contribution in [0.5, 0.6) is 5.75 Å². The molecule has 0 aliphatic carbocycles. The Bertz CT molecular complexity index is 768. The molecule has 0 spiro atoms. The molecule has 1 saturated heterocycles. The Morgan fingerprint density at radius 2 is 1.96 bits per heavy atom. The molecule has 1 heterocycles. The lowest BCUT2D eigenvalue weighted by Gasteiger charge is -2.34. The molecule has 2 aromatic carbocycles. The first-order valence-electron chi connectivity index (χ1n) is 9.52. The van der Waals surface area contributed by atoms with E-state index in [1.54, 1.807) is 12.1 Å². The van der Waals surface area contributed by atoms with Crippen molar-refractivity contribution < 1.29 is 14.0 Å². The SMILES string of the molecule is COc1ccc(C[NH+]2CCN(C(=S)NCCSc3ccccc3)CC2)cc1F. The van der Waals surface area contributed by atoms with Gasteiger partial charge in [0.25, 0.3) is 0 Å². The lowest BCUT2D eigenvalue weighted by atomic mass is 10.2. The largest absolute Gasteiger partial charge is 0.494 e. The number of methoxy groups -OCH3 is 1. The summed E-state index contributed by atoms with van der Waals surface area (Å²) in [5, 5.41) is 4.21. The van der Waals surface area contributed by atoms with E-state index in [2.05, 4.69) is 34.5 Å². The maximum absolute atomic E-state index is 13.9. The van der Waals surface area contributed by atoms with Crippen molar-refractivity contribution in [2.75, 3.05) is 45.6 Å². The van der Waals surface area contributed by atoms with Gasteiger partial charge in [-0.05, 0) is 42.5 Å². The maximum atomic E-state index is 13.9. The standard InChI is InChI=1S/C21H26FN3OS2/c1-26-20-8-7-17(15-19(20)22)16-24-10-12-25(13-11-24)21(27)23-9-14-28-18-5-3-2-4-6-18/h2-8,15H,9-14,16H2,1H3,(H,23,27)/p+1. The summed E-state index contributed by atoms with van der Waals surface area (Å²) >= 11 is 7.38. The fourth-order valence-corrected chi connectivity index (χ4v) is 4.34. The van der Waals surface area contributed by atoms with Crippen molar-refractivity contribution in [3.63, 3.8) is 0 Å². The van der Waals surface area contributed by atoms with E-state index in [0.717, 1.165) is 55.7 Å². The predicted molar refractivity (Wildman–Crippen MR) is 117 cm³/mol. The number of hydrogen-bond acceptors (Lipinski definition) is 3. The van der Waals surface area contributed by atoms with Crippen LogP contribution in [0.2, 0.25) is 0 Å². The van der Waals surface area contributed by atoms with Crippen molar-refractivity contribution in [3.8, 4) is 5.75 Å². The summed E-state index contributed by atoms with van der Waals surface area (Å²) in [5.41, 5.74) is 1.00. The number of rotatable bonds is 7. The highest BCUT2D eigenvalue weighted by molar-refractivity contribution is 7.99. The summed E-state index contributed by atoms with van der Waals surface area (Å²) in [6.07, 6.45) is 0. The number of piperazine rings is 1. The van der Waals surface area contributed by atoms with Gasteiger partial charge in [-0.3, -0.25) is 0 Å². The van der Waals surface area contributed by atoms with Crippen LogP contribution in [-0.4, -0.2) is 55.6 Å². The van der Waals surface area contributed by atoms with Gasteiger partial charge in [0.2, 0.25) is 0 Å². The van der Waals surface area contributed by atoms with Gasteiger partial charge in [0.05, 0.1) is 33.3 Å². The van der Waals surface area contributed by atoms with E-state index >= 15 is 0 Å². The Hall–Kier alpha value is -1.83. The lowest BCUT2D eigenvalue weighted by molar-refractivity contribution is -0.917. The van der Waals surface area contributed by atoms with Crippen LogP contribution in [0.4, 0.5) is 4.39 Å². The second-order valence-corrected chi connectivity index (χ2v) is 8.33. The van der Waals surface area contributed by atoms with Gasteiger partial charge in [-0.25, -0.2) is 4.39 Å². The van der Waals surface area contributed by atoms with Crippen molar-refractivity contribution in [1.82, 2.24) is 10.2 Å². The van der Waals surface area contributed by atoms with Gasteiger partial charge in [0.15, 0.2) is 16.7 Å². The van der Waals surface area contributed by atoms with Gasteiger partial charge in [0.1, 0.15) is 6.54 Å².